The Kier molecular flexibility index (Phi) is 9.14. The topological polar surface area (TPSA) is 30.8 Å². The van der Waals surface area contributed by atoms with Crippen LogP contribution in [-0.2, 0) is 15.3 Å². The fraction of sp³-hybridized carbons (Fsp3) is 0.406. The van der Waals surface area contributed by atoms with Gasteiger partial charge in [-0.25, -0.2) is 0 Å². The number of ether oxygens (including phenoxy) is 2. The summed E-state index contributed by atoms with van der Waals surface area (Å²) in [6, 6.07) is 21.4. The first-order valence-electron chi connectivity index (χ1n) is 12.8. The first kappa shape index (κ1) is 28.1. The van der Waals surface area contributed by atoms with E-state index in [1.165, 1.54) is 33.1 Å². The van der Waals surface area contributed by atoms with Crippen LogP contribution in [0, 0.1) is 13.8 Å². The Morgan fingerprint density at radius 3 is 2.19 bits per heavy atom. The van der Waals surface area contributed by atoms with Gasteiger partial charge in [-0.3, -0.25) is 4.99 Å². The van der Waals surface area contributed by atoms with Crippen molar-refractivity contribution in [2.75, 3.05) is 13.9 Å². The van der Waals surface area contributed by atoms with E-state index in [9.17, 15) is 0 Å². The second-order valence-electron chi connectivity index (χ2n) is 10.8. The average Bonchev–Trinajstić information content (AvgIpc) is 2.84. The first-order chi connectivity index (χ1) is 17.0. The number of para-hydroxylation sites is 1. The van der Waals surface area contributed by atoms with Crippen LogP contribution in [0.4, 0.5) is 5.69 Å². The van der Waals surface area contributed by atoms with Crippen LogP contribution in [0.5, 0.6) is 5.75 Å². The standard InChI is InChI=1S/C32H42NO2P/c1-10-32(8,28-20-22(2)19-27(31(5,6)7)29(28)35-21-34-9)36-30-23(3)15-14-18-26(30)24(4)33-25-16-12-11-13-17-25/h11-20,36H,10,21H2,1-9H3/b33-24+. The predicted octanol–water partition coefficient (Wildman–Crippen LogP) is 8.35. The van der Waals surface area contributed by atoms with Crippen molar-refractivity contribution in [2.45, 2.75) is 72.4 Å². The van der Waals surface area contributed by atoms with Gasteiger partial charge in [0.25, 0.3) is 0 Å². The van der Waals surface area contributed by atoms with E-state index in [0.717, 1.165) is 23.6 Å². The van der Waals surface area contributed by atoms with Crippen LogP contribution in [0.15, 0.2) is 65.7 Å². The number of aliphatic imine (C=N–C) groups is 1. The van der Waals surface area contributed by atoms with Crippen molar-refractivity contribution in [3.63, 3.8) is 0 Å². The highest BCUT2D eigenvalue weighted by molar-refractivity contribution is 7.49. The molecule has 0 heterocycles. The maximum absolute atomic E-state index is 6.33. The van der Waals surface area contributed by atoms with E-state index in [-0.39, 0.29) is 17.4 Å². The SMILES string of the molecule is CCC(C)(Pc1c(C)cccc1/C(C)=N/c1ccccc1)c1cc(C)cc(C(C)(C)C)c1OCOC. The van der Waals surface area contributed by atoms with Gasteiger partial charge in [-0.2, -0.15) is 0 Å². The number of methoxy groups -OCH3 is 1. The summed E-state index contributed by atoms with van der Waals surface area (Å²) in [6.45, 7) is 18.2. The summed E-state index contributed by atoms with van der Waals surface area (Å²) in [5.74, 6) is 0.969. The first-order valence-corrected chi connectivity index (χ1v) is 13.8. The molecule has 4 heteroatoms. The van der Waals surface area contributed by atoms with Crippen LogP contribution in [-0.4, -0.2) is 19.6 Å². The summed E-state index contributed by atoms with van der Waals surface area (Å²) < 4.78 is 11.7. The average molecular weight is 504 g/mol. The molecule has 0 fully saturated rings. The van der Waals surface area contributed by atoms with Crippen LogP contribution >= 0.6 is 8.58 Å². The number of hydrogen-bond donors (Lipinski definition) is 0. The van der Waals surface area contributed by atoms with Crippen LogP contribution < -0.4 is 10.0 Å². The van der Waals surface area contributed by atoms with E-state index in [1.54, 1.807) is 7.11 Å². The molecular weight excluding hydrogens is 461 g/mol. The molecule has 0 saturated carbocycles. The smallest absolute Gasteiger partial charge is 0.188 e. The van der Waals surface area contributed by atoms with Crippen molar-refractivity contribution in [2.24, 2.45) is 4.99 Å². The lowest BCUT2D eigenvalue weighted by Crippen LogP contribution is -2.25. The normalized spacial score (nSPS) is 14.3. The zero-order chi connectivity index (χ0) is 26.5. The van der Waals surface area contributed by atoms with E-state index in [0.29, 0.717) is 8.58 Å². The fourth-order valence-corrected chi connectivity index (χ4v) is 6.26. The molecule has 36 heavy (non-hydrogen) atoms. The fourth-order valence-electron chi connectivity index (χ4n) is 4.53. The maximum Gasteiger partial charge on any atom is 0.188 e. The Morgan fingerprint density at radius 2 is 1.58 bits per heavy atom. The van der Waals surface area contributed by atoms with E-state index >= 15 is 0 Å². The zero-order valence-corrected chi connectivity index (χ0v) is 24.5. The summed E-state index contributed by atoms with van der Waals surface area (Å²) in [6.07, 6.45) is 0.991. The quantitative estimate of drug-likeness (QED) is 0.167. The highest BCUT2D eigenvalue weighted by Crippen LogP contribution is 2.50. The molecule has 3 nitrogen and oxygen atoms in total. The third-order valence-corrected chi connectivity index (χ3v) is 8.87. The largest absolute Gasteiger partial charge is 0.467 e. The molecule has 0 bridgehead atoms. The zero-order valence-electron chi connectivity index (χ0n) is 23.5. The van der Waals surface area contributed by atoms with Gasteiger partial charge in [-0.05, 0) is 55.6 Å². The van der Waals surface area contributed by atoms with E-state index < -0.39 is 0 Å². The van der Waals surface area contributed by atoms with E-state index in [4.69, 9.17) is 14.5 Å². The predicted molar refractivity (Wildman–Crippen MR) is 157 cm³/mol. The van der Waals surface area contributed by atoms with Gasteiger partial charge in [0.05, 0.1) is 5.69 Å². The third kappa shape index (κ3) is 6.44. The van der Waals surface area contributed by atoms with E-state index in [2.05, 4.69) is 97.9 Å². The molecule has 0 aliphatic rings. The number of rotatable bonds is 9. The Hall–Kier alpha value is -2.48. The molecule has 0 amide bonds. The third-order valence-electron chi connectivity index (χ3n) is 6.78. The molecule has 3 aromatic rings. The summed E-state index contributed by atoms with van der Waals surface area (Å²) in [5, 5.41) is 1.26. The highest BCUT2D eigenvalue weighted by atomic mass is 31.1. The Labute approximate surface area is 220 Å². The van der Waals surface area contributed by atoms with Gasteiger partial charge in [0.2, 0.25) is 0 Å². The minimum atomic E-state index is -0.108. The van der Waals surface area contributed by atoms with Crippen molar-refractivity contribution < 1.29 is 9.47 Å². The van der Waals surface area contributed by atoms with Crippen LogP contribution in [0.25, 0.3) is 0 Å². The molecule has 0 radical (unpaired) electrons. The lowest BCUT2D eigenvalue weighted by Gasteiger charge is -2.35. The minimum absolute atomic E-state index is 0.0473. The maximum atomic E-state index is 6.33. The van der Waals surface area contributed by atoms with Crippen molar-refractivity contribution in [1.29, 1.82) is 0 Å². The molecular formula is C32H42NO2P. The van der Waals surface area contributed by atoms with E-state index in [1.807, 2.05) is 18.2 Å². The Balaban J connectivity index is 2.17. The van der Waals surface area contributed by atoms with Crippen LogP contribution in [0.3, 0.4) is 0 Å². The van der Waals surface area contributed by atoms with Gasteiger partial charge in [0.15, 0.2) is 6.79 Å². The Morgan fingerprint density at radius 1 is 0.917 bits per heavy atom. The monoisotopic (exact) mass is 503 g/mol. The summed E-state index contributed by atoms with van der Waals surface area (Å²) >= 11 is 0. The van der Waals surface area contributed by atoms with Crippen LogP contribution in [0.2, 0.25) is 0 Å². The lowest BCUT2D eigenvalue weighted by molar-refractivity contribution is 0.0487. The van der Waals surface area contributed by atoms with Crippen molar-refractivity contribution >= 4 is 25.3 Å². The molecule has 0 aliphatic carbocycles. The number of hydrogen-bond acceptors (Lipinski definition) is 3. The summed E-state index contributed by atoms with van der Waals surface area (Å²) in [7, 11) is 2.23. The molecule has 3 rings (SSSR count). The van der Waals surface area contributed by atoms with Crippen molar-refractivity contribution in [1.82, 2.24) is 0 Å². The van der Waals surface area contributed by atoms with Gasteiger partial charge >= 0.3 is 0 Å². The Bertz CT molecular complexity index is 1210. The lowest BCUT2D eigenvalue weighted by atomic mass is 9.81. The van der Waals surface area contributed by atoms with Gasteiger partial charge in [-0.1, -0.05) is 97.3 Å². The van der Waals surface area contributed by atoms with Gasteiger partial charge < -0.3 is 9.47 Å². The second-order valence-corrected chi connectivity index (χ2v) is 12.7. The number of aryl methyl sites for hydroxylation is 2. The van der Waals surface area contributed by atoms with Crippen LogP contribution in [0.1, 0.15) is 75.8 Å². The molecule has 0 N–H and O–H groups in total. The molecule has 2 atom stereocenters. The molecule has 0 spiro atoms. The number of benzene rings is 3. The molecule has 192 valence electrons. The summed E-state index contributed by atoms with van der Waals surface area (Å²) in [5.41, 5.74) is 8.25. The van der Waals surface area contributed by atoms with Crippen molar-refractivity contribution in [3.05, 3.63) is 88.5 Å². The molecule has 3 aromatic carbocycles. The minimum Gasteiger partial charge on any atom is -0.467 e. The molecule has 0 saturated heterocycles. The second kappa shape index (κ2) is 11.7. The van der Waals surface area contributed by atoms with Gasteiger partial charge in [0.1, 0.15) is 5.75 Å². The van der Waals surface area contributed by atoms with Gasteiger partial charge in [-0.15, -0.1) is 0 Å². The van der Waals surface area contributed by atoms with Crippen molar-refractivity contribution in [3.8, 4) is 5.75 Å². The molecule has 0 aliphatic heterocycles. The summed E-state index contributed by atoms with van der Waals surface area (Å²) in [4.78, 5) is 4.96. The highest BCUT2D eigenvalue weighted by Gasteiger charge is 2.34. The van der Waals surface area contributed by atoms with Gasteiger partial charge in [0, 0.05) is 34.7 Å². The molecule has 0 aromatic heterocycles. The molecule has 2 unspecified atom stereocenters. The number of nitrogens with zero attached hydrogens (tertiary/aromatic N) is 1.